The molecule has 1 aliphatic rings. The molecule has 0 saturated heterocycles. The smallest absolute Gasteiger partial charge is 0.123 e. The second-order valence-corrected chi connectivity index (χ2v) is 6.40. The van der Waals surface area contributed by atoms with Crippen LogP contribution in [0.25, 0.3) is 0 Å². The van der Waals surface area contributed by atoms with Gasteiger partial charge in [-0.15, -0.1) is 0 Å². The molecule has 1 aromatic rings. The standard InChI is InChI=1S/C16H23BrFN/c1-2-9-19-16(12-5-3-4-6-12)11-13-10-14(18)7-8-15(13)17/h7-8,10,12,16,19H,2-6,9,11H2,1H3. The topological polar surface area (TPSA) is 12.0 Å². The Morgan fingerprint density at radius 1 is 1.37 bits per heavy atom. The molecule has 0 aliphatic heterocycles. The van der Waals surface area contributed by atoms with E-state index >= 15 is 0 Å². The highest BCUT2D eigenvalue weighted by Gasteiger charge is 2.25. The highest BCUT2D eigenvalue weighted by Crippen LogP contribution is 2.30. The molecule has 1 N–H and O–H groups in total. The van der Waals surface area contributed by atoms with Crippen LogP contribution in [0.3, 0.4) is 0 Å². The summed E-state index contributed by atoms with van der Waals surface area (Å²) in [6, 6.07) is 5.48. The average molecular weight is 328 g/mol. The molecule has 0 spiro atoms. The van der Waals surface area contributed by atoms with E-state index in [-0.39, 0.29) is 5.82 Å². The minimum atomic E-state index is -0.140. The van der Waals surface area contributed by atoms with Crippen molar-refractivity contribution in [3.05, 3.63) is 34.1 Å². The number of hydrogen-bond donors (Lipinski definition) is 1. The van der Waals surface area contributed by atoms with E-state index in [9.17, 15) is 4.39 Å². The third-order valence-electron chi connectivity index (χ3n) is 4.07. The summed E-state index contributed by atoms with van der Waals surface area (Å²) >= 11 is 3.54. The van der Waals surface area contributed by atoms with Gasteiger partial charge in [0.05, 0.1) is 0 Å². The number of halogens is 2. The van der Waals surface area contributed by atoms with Crippen molar-refractivity contribution in [3.63, 3.8) is 0 Å². The van der Waals surface area contributed by atoms with Gasteiger partial charge in [0, 0.05) is 10.5 Å². The van der Waals surface area contributed by atoms with Gasteiger partial charge in [-0.3, -0.25) is 0 Å². The maximum atomic E-state index is 13.4. The van der Waals surface area contributed by atoms with Gasteiger partial charge >= 0.3 is 0 Å². The van der Waals surface area contributed by atoms with E-state index in [1.54, 1.807) is 6.07 Å². The molecule has 0 bridgehead atoms. The minimum Gasteiger partial charge on any atom is -0.313 e. The molecule has 1 atom stereocenters. The van der Waals surface area contributed by atoms with Crippen molar-refractivity contribution in [2.24, 2.45) is 5.92 Å². The molecule has 1 saturated carbocycles. The molecule has 1 unspecified atom stereocenters. The lowest BCUT2D eigenvalue weighted by atomic mass is 9.92. The Morgan fingerprint density at radius 3 is 2.79 bits per heavy atom. The molecule has 1 nitrogen and oxygen atoms in total. The molecule has 1 aliphatic carbocycles. The summed E-state index contributed by atoms with van der Waals surface area (Å²) in [4.78, 5) is 0. The van der Waals surface area contributed by atoms with Crippen LogP contribution in [-0.4, -0.2) is 12.6 Å². The van der Waals surface area contributed by atoms with Crippen LogP contribution in [-0.2, 0) is 6.42 Å². The molecular weight excluding hydrogens is 305 g/mol. The van der Waals surface area contributed by atoms with Crippen molar-refractivity contribution >= 4 is 15.9 Å². The van der Waals surface area contributed by atoms with E-state index in [0.717, 1.165) is 35.3 Å². The third-order valence-corrected chi connectivity index (χ3v) is 4.85. The lowest BCUT2D eigenvalue weighted by molar-refractivity contribution is 0.356. The van der Waals surface area contributed by atoms with Crippen molar-refractivity contribution in [1.82, 2.24) is 5.32 Å². The SMILES string of the molecule is CCCNC(Cc1cc(F)ccc1Br)C1CCCC1. The van der Waals surface area contributed by atoms with E-state index in [2.05, 4.69) is 28.2 Å². The first-order valence-electron chi connectivity index (χ1n) is 7.38. The van der Waals surface area contributed by atoms with E-state index < -0.39 is 0 Å². The van der Waals surface area contributed by atoms with Gasteiger partial charge in [-0.25, -0.2) is 4.39 Å². The van der Waals surface area contributed by atoms with Crippen LogP contribution in [0, 0.1) is 11.7 Å². The fourth-order valence-electron chi connectivity index (χ4n) is 3.03. The maximum absolute atomic E-state index is 13.4. The molecule has 1 fully saturated rings. The first-order chi connectivity index (χ1) is 9.20. The quantitative estimate of drug-likeness (QED) is 0.799. The van der Waals surface area contributed by atoms with Crippen LogP contribution in [0.5, 0.6) is 0 Å². The molecule has 2 rings (SSSR count). The summed E-state index contributed by atoms with van der Waals surface area (Å²) in [6.45, 7) is 3.24. The van der Waals surface area contributed by atoms with Crippen LogP contribution < -0.4 is 5.32 Å². The highest BCUT2D eigenvalue weighted by atomic mass is 79.9. The van der Waals surface area contributed by atoms with Crippen LogP contribution in [0.2, 0.25) is 0 Å². The van der Waals surface area contributed by atoms with Gasteiger partial charge in [0.1, 0.15) is 5.82 Å². The zero-order chi connectivity index (χ0) is 13.7. The Balaban J connectivity index is 2.07. The monoisotopic (exact) mass is 327 g/mol. The lowest BCUT2D eigenvalue weighted by Gasteiger charge is -2.25. The number of hydrogen-bond acceptors (Lipinski definition) is 1. The van der Waals surface area contributed by atoms with Gasteiger partial charge in [0.2, 0.25) is 0 Å². The van der Waals surface area contributed by atoms with Crippen LogP contribution in [0.15, 0.2) is 22.7 Å². The van der Waals surface area contributed by atoms with E-state index in [1.165, 1.54) is 31.7 Å². The lowest BCUT2D eigenvalue weighted by Crippen LogP contribution is -2.37. The van der Waals surface area contributed by atoms with Gasteiger partial charge in [-0.05, 0) is 61.9 Å². The van der Waals surface area contributed by atoms with Gasteiger partial charge in [0.15, 0.2) is 0 Å². The Bertz CT molecular complexity index is 402. The number of benzene rings is 1. The first kappa shape index (κ1) is 15.0. The first-order valence-corrected chi connectivity index (χ1v) is 8.17. The second kappa shape index (κ2) is 7.39. The Morgan fingerprint density at radius 2 is 2.11 bits per heavy atom. The van der Waals surface area contributed by atoms with Gasteiger partial charge in [0.25, 0.3) is 0 Å². The van der Waals surface area contributed by atoms with Crippen molar-refractivity contribution in [3.8, 4) is 0 Å². The summed E-state index contributed by atoms with van der Waals surface area (Å²) in [7, 11) is 0. The molecule has 1 aromatic carbocycles. The van der Waals surface area contributed by atoms with Crippen molar-refractivity contribution in [1.29, 1.82) is 0 Å². The number of nitrogens with one attached hydrogen (secondary N) is 1. The molecular formula is C16H23BrFN. The summed E-state index contributed by atoms with van der Waals surface area (Å²) in [5.41, 5.74) is 1.08. The molecule has 0 heterocycles. The predicted octanol–water partition coefficient (Wildman–Crippen LogP) is 4.69. The van der Waals surface area contributed by atoms with Crippen LogP contribution >= 0.6 is 15.9 Å². The zero-order valence-electron chi connectivity index (χ0n) is 11.6. The van der Waals surface area contributed by atoms with Crippen molar-refractivity contribution < 1.29 is 4.39 Å². The van der Waals surface area contributed by atoms with Crippen LogP contribution in [0.4, 0.5) is 4.39 Å². The number of rotatable bonds is 6. The van der Waals surface area contributed by atoms with E-state index in [0.29, 0.717) is 6.04 Å². The third kappa shape index (κ3) is 4.28. The Labute approximate surface area is 124 Å². The summed E-state index contributed by atoms with van der Waals surface area (Å²) in [5.74, 6) is 0.612. The second-order valence-electron chi connectivity index (χ2n) is 5.55. The Hall–Kier alpha value is -0.410. The predicted molar refractivity (Wildman–Crippen MR) is 81.8 cm³/mol. The average Bonchev–Trinajstić information content (AvgIpc) is 2.92. The summed E-state index contributed by atoms with van der Waals surface area (Å²) < 4.78 is 14.4. The maximum Gasteiger partial charge on any atom is 0.123 e. The summed E-state index contributed by atoms with van der Waals surface area (Å²) in [5, 5.41) is 3.66. The van der Waals surface area contributed by atoms with Gasteiger partial charge in [-0.2, -0.15) is 0 Å². The van der Waals surface area contributed by atoms with Gasteiger partial charge in [-0.1, -0.05) is 35.7 Å². The summed E-state index contributed by atoms with van der Waals surface area (Å²) in [6.07, 6.45) is 7.39. The Kier molecular flexibility index (Phi) is 5.83. The molecule has 3 heteroatoms. The fourth-order valence-corrected chi connectivity index (χ4v) is 3.44. The molecule has 0 radical (unpaired) electrons. The minimum absolute atomic E-state index is 0.140. The highest BCUT2D eigenvalue weighted by molar-refractivity contribution is 9.10. The van der Waals surface area contributed by atoms with Gasteiger partial charge < -0.3 is 5.32 Å². The van der Waals surface area contributed by atoms with E-state index in [4.69, 9.17) is 0 Å². The molecule has 0 aromatic heterocycles. The van der Waals surface area contributed by atoms with Crippen molar-refractivity contribution in [2.45, 2.75) is 51.5 Å². The molecule has 19 heavy (non-hydrogen) atoms. The largest absolute Gasteiger partial charge is 0.313 e. The normalized spacial score (nSPS) is 17.8. The molecule has 106 valence electrons. The van der Waals surface area contributed by atoms with E-state index in [1.807, 2.05) is 6.07 Å². The zero-order valence-corrected chi connectivity index (χ0v) is 13.2. The fraction of sp³-hybridized carbons (Fsp3) is 0.625. The van der Waals surface area contributed by atoms with Crippen molar-refractivity contribution in [2.75, 3.05) is 6.54 Å². The van der Waals surface area contributed by atoms with Crippen LogP contribution in [0.1, 0.15) is 44.6 Å². The molecule has 0 amide bonds.